The lowest BCUT2D eigenvalue weighted by atomic mass is 10.2. The Hall–Kier alpha value is -0.850. The molecule has 0 radical (unpaired) electrons. The van der Waals surface area contributed by atoms with Crippen LogP contribution in [-0.4, -0.2) is 11.7 Å². The third kappa shape index (κ3) is 2.33. The van der Waals surface area contributed by atoms with E-state index in [0.29, 0.717) is 0 Å². The van der Waals surface area contributed by atoms with E-state index in [9.17, 15) is 0 Å². The number of para-hydroxylation sites is 1. The first kappa shape index (κ1) is 9.24. The number of rotatable bonds is 3. The van der Waals surface area contributed by atoms with E-state index >= 15 is 0 Å². The molecule has 3 heteroatoms. The Balaban J connectivity index is 2.89. The Kier molecular flexibility index (Phi) is 3.78. The quantitative estimate of drug-likeness (QED) is 0.723. The summed E-state index contributed by atoms with van der Waals surface area (Å²) in [4.78, 5) is 0. The van der Waals surface area contributed by atoms with Crippen LogP contribution in [0, 0.1) is 0 Å². The van der Waals surface area contributed by atoms with E-state index in [1.165, 1.54) is 0 Å². The Labute approximate surface area is 74.2 Å². The molecule has 0 amide bonds. The maximum absolute atomic E-state index is 8.56. The number of hydrogen-bond acceptors (Lipinski definition) is 2. The predicted octanol–water partition coefficient (Wildman–Crippen LogP) is 1.86. The Bertz CT molecular complexity index is 271. The van der Waals surface area contributed by atoms with Gasteiger partial charge in [-0.2, -0.15) is 0 Å². The lowest BCUT2D eigenvalue weighted by Crippen LogP contribution is -1.80. The fourth-order valence-electron chi connectivity index (χ4n) is 0.905. The highest BCUT2D eigenvalue weighted by molar-refractivity contribution is 7.10. The van der Waals surface area contributed by atoms with Crippen molar-refractivity contribution in [3.05, 3.63) is 35.9 Å². The van der Waals surface area contributed by atoms with Gasteiger partial charge in [0.15, 0.2) is 0 Å². The lowest BCUT2D eigenvalue weighted by molar-refractivity contribution is 0.343. The van der Waals surface area contributed by atoms with Crippen LogP contribution in [0.4, 0.5) is 0 Å². The maximum atomic E-state index is 8.56. The first-order valence-corrected chi connectivity index (χ1v) is 4.09. The van der Waals surface area contributed by atoms with Crippen LogP contribution in [0.3, 0.4) is 0 Å². The summed E-state index contributed by atoms with van der Waals surface area (Å²) in [7, 11) is 2.20. The van der Waals surface area contributed by atoms with E-state index in [0.717, 1.165) is 11.3 Å². The van der Waals surface area contributed by atoms with E-state index < -0.39 is 0 Å². The molecule has 1 rings (SSSR count). The van der Waals surface area contributed by atoms with Crippen molar-refractivity contribution in [3.8, 4) is 5.75 Å². The highest BCUT2D eigenvalue weighted by Gasteiger charge is 1.94. The van der Waals surface area contributed by atoms with E-state index in [2.05, 4.69) is 9.47 Å². The SMILES string of the molecule is OC/C=C\c1ccccc1OP. The predicted molar refractivity (Wildman–Crippen MR) is 52.9 cm³/mol. The summed E-state index contributed by atoms with van der Waals surface area (Å²) in [6.45, 7) is 0.0468. The van der Waals surface area contributed by atoms with Crippen LogP contribution in [0.5, 0.6) is 5.75 Å². The molecular weight excluding hydrogens is 171 g/mol. The Morgan fingerprint density at radius 2 is 2.17 bits per heavy atom. The molecule has 0 fully saturated rings. The molecule has 64 valence electrons. The molecule has 0 saturated carbocycles. The summed E-state index contributed by atoms with van der Waals surface area (Å²) < 4.78 is 5.03. The summed E-state index contributed by atoms with van der Waals surface area (Å²) in [5.74, 6) is 0.784. The molecule has 1 atom stereocenters. The zero-order chi connectivity index (χ0) is 8.81. The second-order valence-electron chi connectivity index (χ2n) is 2.24. The van der Waals surface area contributed by atoms with Crippen molar-refractivity contribution in [2.45, 2.75) is 0 Å². The van der Waals surface area contributed by atoms with Crippen LogP contribution in [0.15, 0.2) is 30.3 Å². The van der Waals surface area contributed by atoms with Crippen molar-refractivity contribution in [2.24, 2.45) is 0 Å². The fourth-order valence-corrected chi connectivity index (χ4v) is 1.12. The summed E-state index contributed by atoms with van der Waals surface area (Å²) in [5, 5.41) is 8.56. The molecule has 1 aromatic rings. The maximum Gasteiger partial charge on any atom is 0.129 e. The average Bonchev–Trinajstić information content (AvgIpc) is 2.15. The normalized spacial score (nSPS) is 10.5. The third-order valence-corrected chi connectivity index (χ3v) is 1.70. The molecule has 2 nitrogen and oxygen atoms in total. The third-order valence-electron chi connectivity index (χ3n) is 1.45. The van der Waals surface area contributed by atoms with Gasteiger partial charge in [0.25, 0.3) is 0 Å². The summed E-state index contributed by atoms with van der Waals surface area (Å²) >= 11 is 0. The van der Waals surface area contributed by atoms with Crippen LogP contribution in [-0.2, 0) is 0 Å². The van der Waals surface area contributed by atoms with Gasteiger partial charge in [-0.15, -0.1) is 0 Å². The minimum Gasteiger partial charge on any atom is -0.480 e. The van der Waals surface area contributed by atoms with Crippen LogP contribution >= 0.6 is 9.47 Å². The molecule has 12 heavy (non-hydrogen) atoms. The van der Waals surface area contributed by atoms with Gasteiger partial charge in [0, 0.05) is 5.56 Å². The van der Waals surface area contributed by atoms with Gasteiger partial charge in [-0.05, 0) is 6.07 Å². The second-order valence-corrected chi connectivity index (χ2v) is 2.48. The van der Waals surface area contributed by atoms with E-state index in [1.807, 2.05) is 30.3 Å². The van der Waals surface area contributed by atoms with Crippen LogP contribution in [0.2, 0.25) is 0 Å². The number of hydrogen-bond donors (Lipinski definition) is 1. The van der Waals surface area contributed by atoms with Crippen molar-refractivity contribution in [3.63, 3.8) is 0 Å². The smallest absolute Gasteiger partial charge is 0.129 e. The first-order chi connectivity index (χ1) is 5.88. The summed E-state index contributed by atoms with van der Waals surface area (Å²) in [5.41, 5.74) is 0.960. The van der Waals surface area contributed by atoms with E-state index in [1.54, 1.807) is 6.08 Å². The van der Waals surface area contributed by atoms with Crippen molar-refractivity contribution < 1.29 is 9.63 Å². The summed E-state index contributed by atoms with van der Waals surface area (Å²) in [6.07, 6.45) is 3.49. The van der Waals surface area contributed by atoms with Crippen molar-refractivity contribution >= 4 is 15.5 Å². The second kappa shape index (κ2) is 4.91. The molecule has 0 aromatic heterocycles. The summed E-state index contributed by atoms with van der Waals surface area (Å²) in [6, 6.07) is 7.61. The van der Waals surface area contributed by atoms with Gasteiger partial charge in [-0.1, -0.05) is 30.4 Å². The highest BCUT2D eigenvalue weighted by atomic mass is 31.0. The van der Waals surface area contributed by atoms with Gasteiger partial charge in [-0.3, -0.25) is 0 Å². The number of benzene rings is 1. The monoisotopic (exact) mass is 182 g/mol. The standard InChI is InChI=1S/C9H11O2P/c10-7-3-5-8-4-1-2-6-9(8)11-12/h1-6,10H,7,12H2/b5-3-. The largest absolute Gasteiger partial charge is 0.480 e. The van der Waals surface area contributed by atoms with Gasteiger partial charge in [0.2, 0.25) is 0 Å². The molecule has 0 spiro atoms. The molecule has 0 saturated heterocycles. The molecule has 1 unspecified atom stereocenters. The molecule has 1 aromatic carbocycles. The van der Waals surface area contributed by atoms with Gasteiger partial charge in [0.05, 0.1) is 16.1 Å². The minimum atomic E-state index is 0.0468. The lowest BCUT2D eigenvalue weighted by Gasteiger charge is -2.02. The zero-order valence-electron chi connectivity index (χ0n) is 6.60. The van der Waals surface area contributed by atoms with Crippen LogP contribution in [0.25, 0.3) is 6.08 Å². The van der Waals surface area contributed by atoms with E-state index in [4.69, 9.17) is 9.63 Å². The molecule has 0 aliphatic rings. The van der Waals surface area contributed by atoms with Gasteiger partial charge >= 0.3 is 0 Å². The first-order valence-electron chi connectivity index (χ1n) is 3.61. The zero-order valence-corrected chi connectivity index (χ0v) is 7.76. The topological polar surface area (TPSA) is 29.5 Å². The fraction of sp³-hybridized carbons (Fsp3) is 0.111. The Morgan fingerprint density at radius 1 is 1.42 bits per heavy atom. The molecule has 0 aliphatic heterocycles. The molecule has 0 heterocycles. The highest BCUT2D eigenvalue weighted by Crippen LogP contribution is 2.20. The van der Waals surface area contributed by atoms with Gasteiger partial charge < -0.3 is 9.63 Å². The van der Waals surface area contributed by atoms with Crippen LogP contribution in [0.1, 0.15) is 5.56 Å². The van der Waals surface area contributed by atoms with Crippen molar-refractivity contribution in [1.82, 2.24) is 0 Å². The minimum absolute atomic E-state index is 0.0468. The molecule has 1 N–H and O–H groups in total. The van der Waals surface area contributed by atoms with Crippen molar-refractivity contribution in [2.75, 3.05) is 6.61 Å². The average molecular weight is 182 g/mol. The van der Waals surface area contributed by atoms with Crippen LogP contribution < -0.4 is 4.52 Å². The van der Waals surface area contributed by atoms with E-state index in [-0.39, 0.29) is 6.61 Å². The Morgan fingerprint density at radius 3 is 2.83 bits per heavy atom. The van der Waals surface area contributed by atoms with Gasteiger partial charge in [-0.25, -0.2) is 0 Å². The van der Waals surface area contributed by atoms with Crippen molar-refractivity contribution in [1.29, 1.82) is 0 Å². The molecule has 0 aliphatic carbocycles. The number of aliphatic hydroxyl groups is 1. The molecular formula is C9H11O2P. The number of aliphatic hydroxyl groups excluding tert-OH is 1. The van der Waals surface area contributed by atoms with Gasteiger partial charge in [0.1, 0.15) is 5.75 Å². The molecule has 0 bridgehead atoms.